The summed E-state index contributed by atoms with van der Waals surface area (Å²) in [7, 11) is 0. The number of amides is 4. The zero-order chi connectivity index (χ0) is 35.6. The Hall–Kier alpha value is -4.85. The van der Waals surface area contributed by atoms with E-state index in [0.29, 0.717) is 10.6 Å². The molecule has 0 saturated heterocycles. The average molecular weight is 695 g/mol. The minimum atomic E-state index is -5.02. The van der Waals surface area contributed by atoms with Gasteiger partial charge in [0.1, 0.15) is 18.6 Å². The molecule has 0 spiro atoms. The molecule has 4 N–H and O–H groups in total. The van der Waals surface area contributed by atoms with Gasteiger partial charge >= 0.3 is 12.1 Å². The molecule has 9 nitrogen and oxygen atoms in total. The zero-order valence-corrected chi connectivity index (χ0v) is 26.4. The van der Waals surface area contributed by atoms with E-state index in [4.69, 9.17) is 11.6 Å². The fraction of sp³-hybridized carbons (Fsp3) is 0.303. The molecule has 0 bridgehead atoms. The number of halogens is 6. The van der Waals surface area contributed by atoms with Crippen LogP contribution in [0.5, 0.6) is 0 Å². The molecule has 256 valence electrons. The van der Waals surface area contributed by atoms with Gasteiger partial charge in [0, 0.05) is 17.0 Å². The van der Waals surface area contributed by atoms with E-state index in [1.54, 1.807) is 48.5 Å². The van der Waals surface area contributed by atoms with Crippen molar-refractivity contribution in [1.82, 2.24) is 21.3 Å². The van der Waals surface area contributed by atoms with Crippen molar-refractivity contribution >= 4 is 41.0 Å². The van der Waals surface area contributed by atoms with Crippen LogP contribution in [0.4, 0.5) is 22.0 Å². The van der Waals surface area contributed by atoms with Crippen LogP contribution >= 0.6 is 11.6 Å². The van der Waals surface area contributed by atoms with Crippen LogP contribution in [-0.4, -0.2) is 60.1 Å². The van der Waals surface area contributed by atoms with E-state index < -0.39 is 72.1 Å². The predicted octanol–water partition coefficient (Wildman–Crippen LogP) is 4.56. The van der Waals surface area contributed by atoms with E-state index in [-0.39, 0.29) is 17.5 Å². The Balaban J connectivity index is 1.90. The Morgan fingerprint density at radius 2 is 1.35 bits per heavy atom. The highest BCUT2D eigenvalue weighted by Gasteiger charge is 2.52. The van der Waals surface area contributed by atoms with Crippen LogP contribution in [0.15, 0.2) is 84.9 Å². The van der Waals surface area contributed by atoms with Crippen molar-refractivity contribution in [1.29, 1.82) is 0 Å². The van der Waals surface area contributed by atoms with Gasteiger partial charge in [-0.1, -0.05) is 86.1 Å². The predicted molar refractivity (Wildman–Crippen MR) is 166 cm³/mol. The number of carbonyl (C=O) groups excluding carboxylic acids is 5. The highest BCUT2D eigenvalue weighted by atomic mass is 35.5. The first kappa shape index (κ1) is 37.6. The zero-order valence-electron chi connectivity index (χ0n) is 25.6. The SMILES string of the molecule is CC(C)[C@H](NC(=O)[C@@H](NC(=O)[C@H](Cc1cccc(Cl)c1)NC(=O)c1ccccc1)c1ccccc1)C(=O)C(F)(F)C(=O)NCC(F)(F)F. The smallest absolute Gasteiger partial charge is 0.344 e. The van der Waals surface area contributed by atoms with Gasteiger partial charge in [-0.3, -0.25) is 24.0 Å². The molecule has 0 aliphatic carbocycles. The molecule has 0 heterocycles. The third kappa shape index (κ3) is 10.6. The molecule has 0 radical (unpaired) electrons. The number of hydrogen-bond acceptors (Lipinski definition) is 5. The molecule has 3 aromatic rings. The third-order valence-corrected chi connectivity index (χ3v) is 7.19. The molecule has 15 heteroatoms. The van der Waals surface area contributed by atoms with Gasteiger partial charge in [-0.05, 0) is 41.3 Å². The van der Waals surface area contributed by atoms with E-state index in [9.17, 15) is 45.9 Å². The van der Waals surface area contributed by atoms with Gasteiger partial charge in [0.25, 0.3) is 11.8 Å². The Labute approximate surface area is 277 Å². The number of benzene rings is 3. The van der Waals surface area contributed by atoms with Crippen LogP contribution in [0.3, 0.4) is 0 Å². The van der Waals surface area contributed by atoms with E-state index >= 15 is 0 Å². The number of carbonyl (C=O) groups is 5. The normalized spacial score (nSPS) is 13.5. The molecule has 0 fully saturated rings. The van der Waals surface area contributed by atoms with Crippen LogP contribution in [0.2, 0.25) is 5.02 Å². The Kier molecular flexibility index (Phi) is 12.8. The van der Waals surface area contributed by atoms with Crippen molar-refractivity contribution in [2.45, 2.75) is 50.5 Å². The summed E-state index contributed by atoms with van der Waals surface area (Å²) in [5.74, 6) is -13.3. The summed E-state index contributed by atoms with van der Waals surface area (Å²) < 4.78 is 67.1. The second-order valence-electron chi connectivity index (χ2n) is 11.0. The summed E-state index contributed by atoms with van der Waals surface area (Å²) in [6.45, 7) is 0.429. The standard InChI is InChI=1S/C33H32ClF5N4O5/c1-19(2)25(27(44)33(38,39)31(48)40-18-32(35,36)37)42-30(47)26(21-11-5-3-6-12-21)43-29(46)24(17-20-10-9-15-23(34)16-20)41-28(45)22-13-7-4-8-14-22/h3-16,19,24-26H,17-18H2,1-2H3,(H,40,48)(H,41,45)(H,42,47)(H,43,46)/t24-,25-,26-/m0/s1. The largest absolute Gasteiger partial charge is 0.405 e. The maximum Gasteiger partial charge on any atom is 0.405 e. The van der Waals surface area contributed by atoms with Gasteiger partial charge in [0.2, 0.25) is 17.6 Å². The number of nitrogens with one attached hydrogen (secondary N) is 4. The van der Waals surface area contributed by atoms with Crippen LogP contribution in [0.25, 0.3) is 0 Å². The Morgan fingerprint density at radius 1 is 0.750 bits per heavy atom. The van der Waals surface area contributed by atoms with Gasteiger partial charge in [-0.2, -0.15) is 22.0 Å². The molecule has 4 amide bonds. The first-order chi connectivity index (χ1) is 22.5. The van der Waals surface area contributed by atoms with E-state index in [0.717, 1.165) is 5.32 Å². The molecule has 0 aliphatic heterocycles. The Bertz CT molecular complexity index is 1610. The topological polar surface area (TPSA) is 133 Å². The van der Waals surface area contributed by atoms with Crippen molar-refractivity contribution in [2.24, 2.45) is 5.92 Å². The van der Waals surface area contributed by atoms with Gasteiger partial charge < -0.3 is 21.3 Å². The molecule has 0 aromatic heterocycles. The molecule has 3 aromatic carbocycles. The van der Waals surface area contributed by atoms with E-state index in [1.807, 2.05) is 0 Å². The van der Waals surface area contributed by atoms with Crippen molar-refractivity contribution in [3.8, 4) is 0 Å². The first-order valence-electron chi connectivity index (χ1n) is 14.5. The fourth-order valence-electron chi connectivity index (χ4n) is 4.50. The molecule has 0 saturated carbocycles. The number of Topliss-reactive ketones (excluding diaryl/α,β-unsaturated/α-hetero) is 1. The molecule has 3 atom stereocenters. The monoisotopic (exact) mass is 694 g/mol. The van der Waals surface area contributed by atoms with Crippen LogP contribution < -0.4 is 21.3 Å². The Morgan fingerprint density at radius 3 is 1.92 bits per heavy atom. The van der Waals surface area contributed by atoms with Gasteiger partial charge in [-0.15, -0.1) is 0 Å². The minimum absolute atomic E-state index is 0.0829. The highest BCUT2D eigenvalue weighted by Crippen LogP contribution is 2.23. The highest BCUT2D eigenvalue weighted by molar-refractivity contribution is 6.30. The molecular formula is C33H32ClF5N4O5. The van der Waals surface area contributed by atoms with Crippen molar-refractivity contribution in [2.75, 3.05) is 6.54 Å². The molecule has 0 unspecified atom stereocenters. The van der Waals surface area contributed by atoms with E-state index in [1.165, 1.54) is 50.2 Å². The van der Waals surface area contributed by atoms with Crippen molar-refractivity contribution in [3.05, 3.63) is 107 Å². The lowest BCUT2D eigenvalue weighted by atomic mass is 9.94. The third-order valence-electron chi connectivity index (χ3n) is 6.96. The number of ketones is 1. The number of alkyl halides is 5. The minimum Gasteiger partial charge on any atom is -0.344 e. The summed E-state index contributed by atoms with van der Waals surface area (Å²) >= 11 is 6.11. The maximum atomic E-state index is 14.8. The van der Waals surface area contributed by atoms with Gasteiger partial charge in [0.15, 0.2) is 0 Å². The number of hydrogen-bond donors (Lipinski definition) is 4. The summed E-state index contributed by atoms with van der Waals surface area (Å²) in [5, 5.41) is 8.59. The lowest BCUT2D eigenvalue weighted by molar-refractivity contribution is -0.165. The average Bonchev–Trinajstić information content (AvgIpc) is 3.04. The maximum absolute atomic E-state index is 14.8. The first-order valence-corrected chi connectivity index (χ1v) is 14.9. The van der Waals surface area contributed by atoms with Gasteiger partial charge in [0.05, 0.1) is 6.04 Å². The van der Waals surface area contributed by atoms with E-state index in [2.05, 4.69) is 16.0 Å². The summed E-state index contributed by atoms with van der Waals surface area (Å²) in [6.07, 6.45) is -5.10. The molecule has 3 rings (SSSR count). The molecule has 0 aliphatic rings. The fourth-order valence-corrected chi connectivity index (χ4v) is 4.71. The lowest BCUT2D eigenvalue weighted by Gasteiger charge is -2.28. The summed E-state index contributed by atoms with van der Waals surface area (Å²) in [6, 6.07) is 17.0. The summed E-state index contributed by atoms with van der Waals surface area (Å²) in [4.78, 5) is 65.2. The number of rotatable bonds is 14. The van der Waals surface area contributed by atoms with Crippen LogP contribution in [0, 0.1) is 5.92 Å². The quantitative estimate of drug-likeness (QED) is 0.145. The van der Waals surface area contributed by atoms with Crippen LogP contribution in [-0.2, 0) is 25.6 Å². The van der Waals surface area contributed by atoms with Gasteiger partial charge in [-0.25, -0.2) is 0 Å². The molecular weight excluding hydrogens is 663 g/mol. The molecule has 48 heavy (non-hydrogen) atoms. The second kappa shape index (κ2) is 16.3. The lowest BCUT2D eigenvalue weighted by Crippen LogP contribution is -2.58. The summed E-state index contributed by atoms with van der Waals surface area (Å²) in [5.41, 5.74) is 0.939. The van der Waals surface area contributed by atoms with Crippen molar-refractivity contribution in [3.63, 3.8) is 0 Å². The second-order valence-corrected chi connectivity index (χ2v) is 11.5. The van der Waals surface area contributed by atoms with Crippen LogP contribution in [0.1, 0.15) is 41.4 Å². The van der Waals surface area contributed by atoms with Crippen molar-refractivity contribution < 1.29 is 45.9 Å².